The summed E-state index contributed by atoms with van der Waals surface area (Å²) in [5.74, 6) is 0.565. The fourth-order valence-corrected chi connectivity index (χ4v) is 1.29. The number of hydrogen-bond acceptors (Lipinski definition) is 3. The monoisotopic (exact) mass is 190 g/mol. The zero-order chi connectivity index (χ0) is 10.1. The van der Waals surface area contributed by atoms with Crippen LogP contribution in [0.25, 0.3) is 5.82 Å². The van der Waals surface area contributed by atoms with Gasteiger partial charge in [0.2, 0.25) is 0 Å². The number of aryl methyl sites for hydroxylation is 2. The topological polar surface area (TPSA) is 52.7 Å². The van der Waals surface area contributed by atoms with Gasteiger partial charge in [-0.1, -0.05) is 0 Å². The Bertz CT molecular complexity index is 469. The van der Waals surface area contributed by atoms with E-state index < -0.39 is 0 Å². The highest BCUT2D eigenvalue weighted by atomic mass is 16.1. The summed E-state index contributed by atoms with van der Waals surface area (Å²) in [6, 6.07) is 1.86. The van der Waals surface area contributed by atoms with Crippen molar-refractivity contribution in [3.8, 4) is 5.82 Å². The number of aldehydes is 1. The Morgan fingerprint density at radius 1 is 1.43 bits per heavy atom. The molecule has 0 aliphatic heterocycles. The molecule has 2 aromatic heterocycles. The van der Waals surface area contributed by atoms with Crippen molar-refractivity contribution in [2.24, 2.45) is 7.05 Å². The predicted octanol–water partition coefficient (Wildman–Crippen LogP) is 0.727. The quantitative estimate of drug-likeness (QED) is 0.656. The maximum atomic E-state index is 10.7. The van der Waals surface area contributed by atoms with Crippen molar-refractivity contribution in [3.05, 3.63) is 29.7 Å². The van der Waals surface area contributed by atoms with Crippen LogP contribution in [-0.2, 0) is 7.05 Å². The molecule has 0 spiro atoms. The van der Waals surface area contributed by atoms with Crippen LogP contribution in [0.4, 0.5) is 0 Å². The van der Waals surface area contributed by atoms with Crippen LogP contribution in [-0.4, -0.2) is 25.8 Å². The summed E-state index contributed by atoms with van der Waals surface area (Å²) in [5.41, 5.74) is 1.43. The van der Waals surface area contributed by atoms with Gasteiger partial charge in [0.15, 0.2) is 12.1 Å². The van der Waals surface area contributed by atoms with Crippen molar-refractivity contribution in [2.75, 3.05) is 0 Å². The van der Waals surface area contributed by atoms with Gasteiger partial charge in [-0.05, 0) is 13.0 Å². The molecule has 72 valence electrons. The lowest BCUT2D eigenvalue weighted by Gasteiger charge is -1.95. The van der Waals surface area contributed by atoms with E-state index in [9.17, 15) is 4.79 Å². The van der Waals surface area contributed by atoms with Gasteiger partial charge in [0, 0.05) is 19.4 Å². The largest absolute Gasteiger partial charge is 0.298 e. The number of rotatable bonds is 2. The minimum atomic E-state index is 0.538. The van der Waals surface area contributed by atoms with Gasteiger partial charge in [-0.15, -0.1) is 0 Å². The molecule has 0 aromatic carbocycles. The number of nitrogens with zero attached hydrogens (tertiary/aromatic N) is 4. The molecule has 0 aliphatic rings. The first-order chi connectivity index (χ1) is 6.70. The van der Waals surface area contributed by atoms with Crippen molar-refractivity contribution >= 4 is 6.29 Å². The minimum absolute atomic E-state index is 0.538. The van der Waals surface area contributed by atoms with Crippen LogP contribution in [0.3, 0.4) is 0 Å². The normalized spacial score (nSPS) is 10.4. The summed E-state index contributed by atoms with van der Waals surface area (Å²) in [4.78, 5) is 10.7. The Kier molecular flexibility index (Phi) is 1.92. The Hall–Kier alpha value is -1.91. The van der Waals surface area contributed by atoms with Crippen LogP contribution in [0.15, 0.2) is 18.5 Å². The summed E-state index contributed by atoms with van der Waals surface area (Å²) >= 11 is 0. The lowest BCUT2D eigenvalue weighted by atomic mass is 10.4. The van der Waals surface area contributed by atoms with Crippen LogP contribution in [0.5, 0.6) is 0 Å². The predicted molar refractivity (Wildman–Crippen MR) is 50.5 cm³/mol. The van der Waals surface area contributed by atoms with Crippen LogP contribution in [0.1, 0.15) is 16.1 Å². The third kappa shape index (κ3) is 1.32. The molecule has 0 N–H and O–H groups in total. The van der Waals surface area contributed by atoms with Gasteiger partial charge in [-0.2, -0.15) is 10.2 Å². The number of aromatic nitrogens is 4. The summed E-state index contributed by atoms with van der Waals surface area (Å²) < 4.78 is 3.19. The Labute approximate surface area is 81.0 Å². The highest BCUT2D eigenvalue weighted by molar-refractivity contribution is 5.79. The molecule has 0 amide bonds. The molecule has 0 radical (unpaired) electrons. The summed E-state index contributed by atoms with van der Waals surface area (Å²) in [7, 11) is 1.77. The fourth-order valence-electron chi connectivity index (χ4n) is 1.29. The second-order valence-corrected chi connectivity index (χ2v) is 3.10. The molecule has 0 aliphatic carbocycles. The van der Waals surface area contributed by atoms with Gasteiger partial charge in [-0.3, -0.25) is 9.48 Å². The molecule has 0 unspecified atom stereocenters. The molecule has 2 rings (SSSR count). The van der Waals surface area contributed by atoms with Gasteiger partial charge in [0.25, 0.3) is 0 Å². The van der Waals surface area contributed by atoms with Crippen molar-refractivity contribution in [3.63, 3.8) is 0 Å². The van der Waals surface area contributed by atoms with Crippen molar-refractivity contribution in [2.45, 2.75) is 6.92 Å². The molecule has 0 bridgehead atoms. The van der Waals surface area contributed by atoms with Crippen molar-refractivity contribution < 1.29 is 4.79 Å². The SMILES string of the molecule is Cc1ccn(-c2nn(C)cc2C=O)n1. The molecular weight excluding hydrogens is 180 g/mol. The second-order valence-electron chi connectivity index (χ2n) is 3.10. The van der Waals surface area contributed by atoms with Gasteiger partial charge < -0.3 is 0 Å². The molecular formula is C9H10N4O. The fraction of sp³-hybridized carbons (Fsp3) is 0.222. The average molecular weight is 190 g/mol. The van der Waals surface area contributed by atoms with Crippen LogP contribution < -0.4 is 0 Å². The lowest BCUT2D eigenvalue weighted by molar-refractivity contribution is 0.112. The molecule has 5 nitrogen and oxygen atoms in total. The van der Waals surface area contributed by atoms with E-state index in [4.69, 9.17) is 0 Å². The van der Waals surface area contributed by atoms with E-state index in [1.165, 1.54) is 0 Å². The Morgan fingerprint density at radius 3 is 2.79 bits per heavy atom. The molecule has 0 saturated carbocycles. The lowest BCUT2D eigenvalue weighted by Crippen LogP contribution is -2.00. The highest BCUT2D eigenvalue weighted by Crippen LogP contribution is 2.09. The van der Waals surface area contributed by atoms with Crippen molar-refractivity contribution in [1.82, 2.24) is 19.6 Å². The van der Waals surface area contributed by atoms with Crippen LogP contribution in [0, 0.1) is 6.92 Å². The third-order valence-electron chi connectivity index (χ3n) is 1.90. The Morgan fingerprint density at radius 2 is 2.21 bits per heavy atom. The molecule has 0 fully saturated rings. The zero-order valence-electron chi connectivity index (χ0n) is 8.01. The first-order valence-corrected chi connectivity index (χ1v) is 4.22. The summed E-state index contributed by atoms with van der Waals surface area (Å²) in [6.45, 7) is 1.89. The Balaban J connectivity index is 2.55. The van der Waals surface area contributed by atoms with E-state index in [2.05, 4.69) is 10.2 Å². The van der Waals surface area contributed by atoms with Crippen molar-refractivity contribution in [1.29, 1.82) is 0 Å². The zero-order valence-corrected chi connectivity index (χ0v) is 8.01. The molecule has 14 heavy (non-hydrogen) atoms. The van der Waals surface area contributed by atoms with E-state index in [1.807, 2.05) is 13.0 Å². The maximum Gasteiger partial charge on any atom is 0.185 e. The van der Waals surface area contributed by atoms with E-state index >= 15 is 0 Å². The first kappa shape index (κ1) is 8.68. The van der Waals surface area contributed by atoms with Gasteiger partial charge in [0.1, 0.15) is 0 Å². The van der Waals surface area contributed by atoms with E-state index in [0.29, 0.717) is 11.4 Å². The smallest absolute Gasteiger partial charge is 0.185 e. The molecule has 0 saturated heterocycles. The average Bonchev–Trinajstić information content (AvgIpc) is 2.71. The van der Waals surface area contributed by atoms with E-state index in [-0.39, 0.29) is 0 Å². The van der Waals surface area contributed by atoms with Crippen LogP contribution in [0.2, 0.25) is 0 Å². The minimum Gasteiger partial charge on any atom is -0.298 e. The molecule has 2 aromatic rings. The van der Waals surface area contributed by atoms with E-state index in [0.717, 1.165) is 12.0 Å². The number of carbonyl (C=O) groups excluding carboxylic acids is 1. The maximum absolute atomic E-state index is 10.7. The molecule has 2 heterocycles. The second kappa shape index (κ2) is 3.10. The van der Waals surface area contributed by atoms with Gasteiger partial charge >= 0.3 is 0 Å². The van der Waals surface area contributed by atoms with Gasteiger partial charge in [-0.25, -0.2) is 4.68 Å². The number of carbonyl (C=O) groups is 1. The molecule has 5 heteroatoms. The standard InChI is InChI=1S/C9H10N4O/c1-7-3-4-13(10-7)9-8(6-14)5-12(2)11-9/h3-6H,1-2H3. The molecule has 0 atom stereocenters. The number of hydrogen-bond donors (Lipinski definition) is 0. The van der Waals surface area contributed by atoms with Gasteiger partial charge in [0.05, 0.1) is 11.3 Å². The summed E-state index contributed by atoms with van der Waals surface area (Å²) in [5, 5.41) is 8.34. The van der Waals surface area contributed by atoms with E-state index in [1.54, 1.807) is 28.8 Å². The van der Waals surface area contributed by atoms with Crippen LogP contribution >= 0.6 is 0 Å². The summed E-state index contributed by atoms with van der Waals surface area (Å²) in [6.07, 6.45) is 4.23. The third-order valence-corrected chi connectivity index (χ3v) is 1.90. The first-order valence-electron chi connectivity index (χ1n) is 4.22. The highest BCUT2D eigenvalue weighted by Gasteiger charge is 2.09.